The average molecular weight is 365 g/mol. The maximum absolute atomic E-state index is 12.9. The molecule has 1 saturated heterocycles. The summed E-state index contributed by atoms with van der Waals surface area (Å²) in [6.07, 6.45) is -4.56. The van der Waals surface area contributed by atoms with E-state index >= 15 is 0 Å². The van der Waals surface area contributed by atoms with Crippen LogP contribution in [0.15, 0.2) is 30.3 Å². The minimum Gasteiger partial charge on any atom is -0.441 e. The van der Waals surface area contributed by atoms with Crippen molar-refractivity contribution < 1.29 is 29.6 Å². The van der Waals surface area contributed by atoms with Crippen LogP contribution in [0.4, 0.5) is 4.79 Å². The van der Waals surface area contributed by atoms with E-state index in [1.54, 1.807) is 13.8 Å². The quantitative estimate of drug-likeness (QED) is 0.697. The first-order chi connectivity index (χ1) is 12.1. The summed E-state index contributed by atoms with van der Waals surface area (Å²) in [5, 5.41) is 29.5. The van der Waals surface area contributed by atoms with E-state index in [0.717, 1.165) is 10.5 Å². The van der Waals surface area contributed by atoms with Crippen molar-refractivity contribution in [2.24, 2.45) is 5.92 Å². The molecule has 1 aromatic rings. The summed E-state index contributed by atoms with van der Waals surface area (Å²) in [5.74, 6) is -1.73. The van der Waals surface area contributed by atoms with Crippen LogP contribution in [0.2, 0.25) is 0 Å². The maximum atomic E-state index is 12.9. The lowest BCUT2D eigenvalue weighted by Crippen LogP contribution is -2.52. The van der Waals surface area contributed by atoms with Crippen LogP contribution in [0.5, 0.6) is 0 Å². The maximum Gasteiger partial charge on any atom is 0.417 e. The molecule has 5 atom stereocenters. The van der Waals surface area contributed by atoms with E-state index in [1.165, 1.54) is 13.8 Å². The molecule has 0 radical (unpaired) electrons. The Morgan fingerprint density at radius 2 is 1.73 bits per heavy atom. The third-order valence-corrected chi connectivity index (χ3v) is 4.92. The summed E-state index contributed by atoms with van der Waals surface area (Å²) in [7, 11) is 0. The molecule has 1 fully saturated rings. The highest BCUT2D eigenvalue weighted by Crippen LogP contribution is 2.33. The van der Waals surface area contributed by atoms with Crippen LogP contribution < -0.4 is 0 Å². The first-order valence-corrected chi connectivity index (χ1v) is 8.70. The zero-order valence-electron chi connectivity index (χ0n) is 15.5. The molecule has 0 saturated carbocycles. The smallest absolute Gasteiger partial charge is 0.417 e. The molecule has 7 heteroatoms. The minimum atomic E-state index is -1.50. The third-order valence-electron chi connectivity index (χ3n) is 4.92. The molecule has 1 aliphatic heterocycles. The Morgan fingerprint density at radius 3 is 2.27 bits per heavy atom. The number of benzene rings is 1. The highest BCUT2D eigenvalue weighted by atomic mass is 16.6. The number of carbonyl (C=O) groups excluding carboxylic acids is 2. The van der Waals surface area contributed by atoms with Crippen LogP contribution in [0, 0.1) is 5.92 Å². The summed E-state index contributed by atoms with van der Waals surface area (Å²) >= 11 is 0. The first kappa shape index (κ1) is 20.4. The third kappa shape index (κ3) is 4.06. The molecule has 144 valence electrons. The summed E-state index contributed by atoms with van der Waals surface area (Å²) in [6, 6.07) is 8.87. The van der Waals surface area contributed by atoms with E-state index in [1.807, 2.05) is 30.3 Å². The first-order valence-electron chi connectivity index (χ1n) is 8.70. The SMILES string of the molecule is C[C@H](O)[C@@H](O)[C@@H](O)[C@H](C)C(=O)N1C(=O)OC(C)(C)[C@@H]1Cc1ccccc1. The second-order valence-corrected chi connectivity index (χ2v) is 7.40. The molecule has 2 amide bonds. The van der Waals surface area contributed by atoms with E-state index in [-0.39, 0.29) is 0 Å². The number of rotatable bonds is 6. The fraction of sp³-hybridized carbons (Fsp3) is 0.579. The summed E-state index contributed by atoms with van der Waals surface area (Å²) in [4.78, 5) is 26.3. The molecule has 1 aromatic carbocycles. The van der Waals surface area contributed by atoms with Crippen molar-refractivity contribution in [3.05, 3.63) is 35.9 Å². The van der Waals surface area contributed by atoms with E-state index in [4.69, 9.17) is 4.74 Å². The number of nitrogens with zero attached hydrogens (tertiary/aromatic N) is 1. The Bertz CT molecular complexity index is 645. The Labute approximate surface area is 153 Å². The lowest BCUT2D eigenvalue weighted by molar-refractivity contribution is -0.143. The predicted octanol–water partition coefficient (Wildman–Crippen LogP) is 1.09. The molecule has 0 unspecified atom stereocenters. The van der Waals surface area contributed by atoms with Crippen LogP contribution in [-0.2, 0) is 16.0 Å². The molecule has 1 aliphatic rings. The second kappa shape index (κ2) is 7.73. The standard InChI is InChI=1S/C19H27NO6/c1-11(15(22)16(23)12(2)21)17(24)20-14(19(3,4)26-18(20)25)10-13-8-6-5-7-9-13/h5-9,11-12,14-16,21-23H,10H2,1-4H3/t11-,12-,14-,15-,16+/m0/s1. The van der Waals surface area contributed by atoms with E-state index in [2.05, 4.69) is 0 Å². The second-order valence-electron chi connectivity index (χ2n) is 7.40. The summed E-state index contributed by atoms with van der Waals surface area (Å²) in [6.45, 7) is 6.20. The number of aliphatic hydroxyl groups excluding tert-OH is 3. The van der Waals surface area contributed by atoms with Gasteiger partial charge in [-0.2, -0.15) is 0 Å². The van der Waals surface area contributed by atoms with Crippen molar-refractivity contribution in [3.8, 4) is 0 Å². The van der Waals surface area contributed by atoms with Gasteiger partial charge in [0.25, 0.3) is 0 Å². The van der Waals surface area contributed by atoms with Crippen LogP contribution >= 0.6 is 0 Å². The number of aliphatic hydroxyl groups is 3. The van der Waals surface area contributed by atoms with Crippen molar-refractivity contribution in [1.82, 2.24) is 4.90 Å². The molecule has 0 aliphatic carbocycles. The fourth-order valence-electron chi connectivity index (χ4n) is 3.14. The molecule has 2 rings (SSSR count). The Morgan fingerprint density at radius 1 is 1.15 bits per heavy atom. The van der Waals surface area contributed by atoms with Gasteiger partial charge in [0, 0.05) is 0 Å². The van der Waals surface area contributed by atoms with Crippen LogP contribution in [0.25, 0.3) is 0 Å². The van der Waals surface area contributed by atoms with Gasteiger partial charge in [-0.15, -0.1) is 0 Å². The normalized spacial score (nSPS) is 23.9. The lowest BCUT2D eigenvalue weighted by atomic mass is 9.90. The molecule has 0 aromatic heterocycles. The number of imide groups is 1. The monoisotopic (exact) mass is 365 g/mol. The van der Waals surface area contributed by atoms with Crippen molar-refractivity contribution >= 4 is 12.0 Å². The zero-order chi connectivity index (χ0) is 19.6. The van der Waals surface area contributed by atoms with Gasteiger partial charge in [-0.05, 0) is 32.8 Å². The average Bonchev–Trinajstić information content (AvgIpc) is 2.81. The van der Waals surface area contributed by atoms with Crippen molar-refractivity contribution in [1.29, 1.82) is 0 Å². The Balaban J connectivity index is 2.26. The van der Waals surface area contributed by atoms with Gasteiger partial charge in [-0.3, -0.25) is 4.79 Å². The number of hydrogen-bond donors (Lipinski definition) is 3. The Hall–Kier alpha value is -1.96. The topological polar surface area (TPSA) is 107 Å². The van der Waals surface area contributed by atoms with Crippen LogP contribution in [-0.4, -0.2) is 62.2 Å². The highest BCUT2D eigenvalue weighted by Gasteiger charge is 2.52. The summed E-state index contributed by atoms with van der Waals surface area (Å²) in [5.41, 5.74) is 0.0507. The van der Waals surface area contributed by atoms with Gasteiger partial charge in [-0.25, -0.2) is 9.69 Å². The van der Waals surface area contributed by atoms with Crippen LogP contribution in [0.1, 0.15) is 33.3 Å². The number of hydrogen-bond acceptors (Lipinski definition) is 6. The van der Waals surface area contributed by atoms with Gasteiger partial charge >= 0.3 is 6.09 Å². The number of ether oxygens (including phenoxy) is 1. The van der Waals surface area contributed by atoms with E-state index < -0.39 is 47.9 Å². The number of carbonyl (C=O) groups is 2. The molecule has 1 heterocycles. The molecule has 3 N–H and O–H groups in total. The predicted molar refractivity (Wildman–Crippen MR) is 94.2 cm³/mol. The molecule has 7 nitrogen and oxygen atoms in total. The van der Waals surface area contributed by atoms with E-state index in [9.17, 15) is 24.9 Å². The van der Waals surface area contributed by atoms with Gasteiger partial charge < -0.3 is 20.1 Å². The van der Waals surface area contributed by atoms with Crippen molar-refractivity contribution in [3.63, 3.8) is 0 Å². The fourth-order valence-corrected chi connectivity index (χ4v) is 3.14. The van der Waals surface area contributed by atoms with E-state index in [0.29, 0.717) is 6.42 Å². The van der Waals surface area contributed by atoms with Gasteiger partial charge in [0.1, 0.15) is 11.7 Å². The molecule has 0 spiro atoms. The molecule has 26 heavy (non-hydrogen) atoms. The lowest BCUT2D eigenvalue weighted by Gasteiger charge is -2.31. The van der Waals surface area contributed by atoms with Crippen molar-refractivity contribution in [2.45, 2.75) is 64.1 Å². The highest BCUT2D eigenvalue weighted by molar-refractivity contribution is 5.95. The molecule has 0 bridgehead atoms. The van der Waals surface area contributed by atoms with Gasteiger partial charge in [-0.1, -0.05) is 37.3 Å². The molecular weight excluding hydrogens is 338 g/mol. The van der Waals surface area contributed by atoms with Crippen molar-refractivity contribution in [2.75, 3.05) is 0 Å². The summed E-state index contributed by atoms with van der Waals surface area (Å²) < 4.78 is 5.38. The minimum absolute atomic E-state index is 0.410. The van der Waals surface area contributed by atoms with Gasteiger partial charge in [0.2, 0.25) is 5.91 Å². The number of amides is 2. The van der Waals surface area contributed by atoms with Gasteiger partial charge in [0.05, 0.1) is 24.2 Å². The largest absolute Gasteiger partial charge is 0.441 e. The number of cyclic esters (lactones) is 1. The Kier molecular flexibility index (Phi) is 6.05. The van der Waals surface area contributed by atoms with Gasteiger partial charge in [0.15, 0.2) is 0 Å². The van der Waals surface area contributed by atoms with Crippen LogP contribution in [0.3, 0.4) is 0 Å². The zero-order valence-corrected chi connectivity index (χ0v) is 15.5. The molecular formula is C19H27NO6.